The first-order valence-corrected chi connectivity index (χ1v) is 7.27. The van der Waals surface area contributed by atoms with Crippen molar-refractivity contribution in [3.8, 4) is 0 Å². The number of ketones is 1. The van der Waals surface area contributed by atoms with E-state index in [1.54, 1.807) is 6.08 Å². The molecular weight excluding hydrogens is 246 g/mol. The van der Waals surface area contributed by atoms with Crippen LogP contribution in [0.25, 0.3) is 0 Å². The number of hydrogen-bond acceptors (Lipinski definition) is 2. The standard InChI is InChI=1S/C18H25NO/c1-17(2,3)13-6-8-14(9-7-13)19-15-10-16(20)12-18(4,5)11-15/h6-10,19H,11-12H2,1-5H3. The number of allylic oxidation sites excluding steroid dienone is 2. The van der Waals surface area contributed by atoms with E-state index in [-0.39, 0.29) is 16.6 Å². The molecule has 0 fully saturated rings. The first-order chi connectivity index (χ1) is 9.16. The molecule has 1 aliphatic carbocycles. The fraction of sp³-hybridized carbons (Fsp3) is 0.500. The smallest absolute Gasteiger partial charge is 0.157 e. The Balaban J connectivity index is 2.13. The van der Waals surface area contributed by atoms with Crippen LogP contribution in [0.15, 0.2) is 36.0 Å². The first-order valence-electron chi connectivity index (χ1n) is 7.27. The van der Waals surface area contributed by atoms with Crippen LogP contribution in [0.3, 0.4) is 0 Å². The van der Waals surface area contributed by atoms with Gasteiger partial charge in [0.25, 0.3) is 0 Å². The van der Waals surface area contributed by atoms with E-state index in [2.05, 4.69) is 64.2 Å². The van der Waals surface area contributed by atoms with Gasteiger partial charge in [-0.05, 0) is 34.9 Å². The second kappa shape index (κ2) is 5.08. The van der Waals surface area contributed by atoms with Gasteiger partial charge in [0.05, 0.1) is 0 Å². The van der Waals surface area contributed by atoms with Crippen molar-refractivity contribution in [2.75, 3.05) is 5.32 Å². The Morgan fingerprint density at radius 1 is 1.05 bits per heavy atom. The minimum atomic E-state index is 0.0551. The van der Waals surface area contributed by atoms with Gasteiger partial charge in [0.15, 0.2) is 5.78 Å². The molecule has 1 aliphatic rings. The van der Waals surface area contributed by atoms with Gasteiger partial charge >= 0.3 is 0 Å². The predicted molar refractivity (Wildman–Crippen MR) is 84.9 cm³/mol. The number of nitrogens with one attached hydrogen (secondary N) is 1. The van der Waals surface area contributed by atoms with Gasteiger partial charge in [-0.2, -0.15) is 0 Å². The van der Waals surface area contributed by atoms with E-state index in [4.69, 9.17) is 0 Å². The highest BCUT2D eigenvalue weighted by Gasteiger charge is 2.27. The minimum absolute atomic E-state index is 0.0551. The summed E-state index contributed by atoms with van der Waals surface area (Å²) in [7, 11) is 0. The molecule has 0 heterocycles. The molecule has 2 rings (SSSR count). The Morgan fingerprint density at radius 2 is 1.65 bits per heavy atom. The van der Waals surface area contributed by atoms with Crippen LogP contribution in [0.2, 0.25) is 0 Å². The van der Waals surface area contributed by atoms with Gasteiger partial charge < -0.3 is 5.32 Å². The van der Waals surface area contributed by atoms with Crippen LogP contribution in [0.5, 0.6) is 0 Å². The summed E-state index contributed by atoms with van der Waals surface area (Å²) in [6.07, 6.45) is 3.31. The Kier molecular flexibility index (Phi) is 3.77. The van der Waals surface area contributed by atoms with Crippen LogP contribution in [0, 0.1) is 5.41 Å². The predicted octanol–water partition coefficient (Wildman–Crippen LogP) is 4.67. The van der Waals surface area contributed by atoms with Gasteiger partial charge in [-0.3, -0.25) is 4.79 Å². The van der Waals surface area contributed by atoms with E-state index in [1.165, 1.54) is 5.56 Å². The Bertz CT molecular complexity index is 530. The fourth-order valence-corrected chi connectivity index (χ4v) is 2.67. The van der Waals surface area contributed by atoms with Crippen LogP contribution < -0.4 is 5.32 Å². The normalized spacial score (nSPS) is 18.6. The van der Waals surface area contributed by atoms with Crippen molar-refractivity contribution in [3.05, 3.63) is 41.6 Å². The van der Waals surface area contributed by atoms with Gasteiger partial charge in [-0.1, -0.05) is 46.8 Å². The average Bonchev–Trinajstić information content (AvgIpc) is 2.25. The topological polar surface area (TPSA) is 29.1 Å². The van der Waals surface area contributed by atoms with E-state index in [1.807, 2.05) is 0 Å². The van der Waals surface area contributed by atoms with Crippen molar-refractivity contribution < 1.29 is 4.79 Å². The number of carbonyl (C=O) groups excluding carboxylic acids is 1. The third kappa shape index (κ3) is 3.72. The molecule has 0 atom stereocenters. The van der Waals surface area contributed by atoms with E-state index >= 15 is 0 Å². The van der Waals surface area contributed by atoms with Gasteiger partial charge in [0.1, 0.15) is 0 Å². The quantitative estimate of drug-likeness (QED) is 0.847. The summed E-state index contributed by atoms with van der Waals surface area (Å²) in [5.74, 6) is 0.218. The number of anilines is 1. The summed E-state index contributed by atoms with van der Waals surface area (Å²) in [5, 5.41) is 3.39. The summed E-state index contributed by atoms with van der Waals surface area (Å²) in [6, 6.07) is 8.48. The van der Waals surface area contributed by atoms with Crippen LogP contribution in [0.4, 0.5) is 5.69 Å². The van der Waals surface area contributed by atoms with E-state index in [9.17, 15) is 4.79 Å². The van der Waals surface area contributed by atoms with Gasteiger partial charge in [0, 0.05) is 23.9 Å². The maximum atomic E-state index is 11.7. The Labute approximate surface area is 122 Å². The molecule has 1 N–H and O–H groups in total. The second-order valence-electron chi connectivity index (χ2n) is 7.61. The molecule has 108 valence electrons. The lowest BCUT2D eigenvalue weighted by Gasteiger charge is -2.29. The van der Waals surface area contributed by atoms with E-state index < -0.39 is 0 Å². The average molecular weight is 271 g/mol. The summed E-state index contributed by atoms with van der Waals surface area (Å²) >= 11 is 0. The molecule has 1 aromatic carbocycles. The van der Waals surface area contributed by atoms with Gasteiger partial charge in [-0.15, -0.1) is 0 Å². The summed E-state index contributed by atoms with van der Waals surface area (Å²) in [6.45, 7) is 10.9. The lowest BCUT2D eigenvalue weighted by atomic mass is 9.79. The molecule has 0 bridgehead atoms. The Hall–Kier alpha value is -1.57. The third-order valence-electron chi connectivity index (χ3n) is 3.71. The number of carbonyl (C=O) groups is 1. The van der Waals surface area contributed by atoms with Crippen molar-refractivity contribution in [2.45, 2.75) is 52.9 Å². The third-order valence-corrected chi connectivity index (χ3v) is 3.71. The van der Waals surface area contributed by atoms with Crippen molar-refractivity contribution in [2.24, 2.45) is 5.41 Å². The first kappa shape index (κ1) is 14.8. The molecule has 0 saturated carbocycles. The van der Waals surface area contributed by atoms with Crippen molar-refractivity contribution >= 4 is 11.5 Å². The largest absolute Gasteiger partial charge is 0.359 e. The molecule has 0 unspecified atom stereocenters. The monoisotopic (exact) mass is 271 g/mol. The molecule has 2 nitrogen and oxygen atoms in total. The highest BCUT2D eigenvalue weighted by atomic mass is 16.1. The fourth-order valence-electron chi connectivity index (χ4n) is 2.67. The van der Waals surface area contributed by atoms with Gasteiger partial charge in [0.2, 0.25) is 0 Å². The zero-order valence-corrected chi connectivity index (χ0v) is 13.2. The summed E-state index contributed by atoms with van der Waals surface area (Å²) in [5.41, 5.74) is 3.61. The molecule has 0 aliphatic heterocycles. The van der Waals surface area contributed by atoms with E-state index in [0.717, 1.165) is 17.8 Å². The lowest BCUT2D eigenvalue weighted by molar-refractivity contribution is -0.117. The molecule has 0 aromatic heterocycles. The van der Waals surface area contributed by atoms with Crippen molar-refractivity contribution in [1.82, 2.24) is 0 Å². The molecule has 1 aromatic rings. The number of rotatable bonds is 2. The maximum absolute atomic E-state index is 11.7. The van der Waals surface area contributed by atoms with Crippen LogP contribution in [-0.4, -0.2) is 5.78 Å². The highest BCUT2D eigenvalue weighted by molar-refractivity contribution is 5.92. The molecule has 0 radical (unpaired) electrons. The molecule has 20 heavy (non-hydrogen) atoms. The highest BCUT2D eigenvalue weighted by Crippen LogP contribution is 2.34. The molecule has 0 amide bonds. The Morgan fingerprint density at radius 3 is 2.15 bits per heavy atom. The number of benzene rings is 1. The van der Waals surface area contributed by atoms with Gasteiger partial charge in [-0.25, -0.2) is 0 Å². The van der Waals surface area contributed by atoms with Crippen molar-refractivity contribution in [1.29, 1.82) is 0 Å². The molecular formula is C18H25NO. The number of hydrogen-bond donors (Lipinski definition) is 1. The summed E-state index contributed by atoms with van der Waals surface area (Å²) < 4.78 is 0. The van der Waals surface area contributed by atoms with E-state index in [0.29, 0.717) is 6.42 Å². The zero-order valence-electron chi connectivity index (χ0n) is 13.2. The zero-order chi connectivity index (χ0) is 15.0. The SMILES string of the molecule is CC1(C)CC(=O)C=C(Nc2ccc(C(C)(C)C)cc2)C1. The van der Waals surface area contributed by atoms with Crippen molar-refractivity contribution in [3.63, 3.8) is 0 Å². The summed E-state index contributed by atoms with van der Waals surface area (Å²) in [4.78, 5) is 11.7. The maximum Gasteiger partial charge on any atom is 0.157 e. The second-order valence-corrected chi connectivity index (χ2v) is 7.61. The van der Waals surface area contributed by atoms with Crippen LogP contribution >= 0.6 is 0 Å². The van der Waals surface area contributed by atoms with Crippen LogP contribution in [0.1, 0.15) is 53.0 Å². The molecule has 0 saturated heterocycles. The lowest BCUT2D eigenvalue weighted by Crippen LogP contribution is -2.24. The molecule has 0 spiro atoms. The minimum Gasteiger partial charge on any atom is -0.359 e. The van der Waals surface area contributed by atoms with Crippen LogP contribution in [-0.2, 0) is 10.2 Å². The molecule has 2 heteroatoms.